The van der Waals surface area contributed by atoms with Gasteiger partial charge in [-0.05, 0) is 121 Å². The minimum Gasteiger partial charge on any atom is -0.310 e. The Bertz CT molecular complexity index is 2890. The van der Waals surface area contributed by atoms with Gasteiger partial charge in [0.25, 0.3) is 0 Å². The van der Waals surface area contributed by atoms with Gasteiger partial charge < -0.3 is 9.47 Å². The van der Waals surface area contributed by atoms with Crippen LogP contribution in [0.2, 0.25) is 0 Å². The Hall–Kier alpha value is -6.69. The number of nitrogens with zero attached hydrogens (tertiary/aromatic N) is 2. The van der Waals surface area contributed by atoms with E-state index in [4.69, 9.17) is 0 Å². The topological polar surface area (TPSA) is 42.3 Å². The number of benzene rings is 8. The third-order valence-electron chi connectivity index (χ3n) is 11.4. The normalized spacial score (nSPS) is 13.4. The average molecular weight is 743 g/mol. The molecule has 1 aliphatic rings. The third kappa shape index (κ3) is 5.08. The zero-order valence-electron chi connectivity index (χ0n) is 31.1. The molecule has 0 radical (unpaired) electrons. The van der Waals surface area contributed by atoms with E-state index in [-0.39, 0.29) is 9.79 Å². The molecule has 56 heavy (non-hydrogen) atoms. The van der Waals surface area contributed by atoms with E-state index < -0.39 is 15.3 Å². The molecule has 2 heterocycles. The van der Waals surface area contributed by atoms with E-state index in [2.05, 4.69) is 169 Å². The van der Waals surface area contributed by atoms with Gasteiger partial charge >= 0.3 is 0 Å². The van der Waals surface area contributed by atoms with Crippen LogP contribution in [-0.2, 0) is 15.3 Å². The lowest BCUT2D eigenvalue weighted by molar-refractivity contribution is 0.596. The van der Waals surface area contributed by atoms with Crippen molar-refractivity contribution in [3.63, 3.8) is 0 Å². The standard InChI is InChI=1S/C51H38N2O2S/c1-35-21-31-47-43(33-35)44-34-36(2)22-32-48(44)52(47)39-23-27-41(28-24-39)56(54,55)42-29-25-40(26-30-42)53-49-19-11-9-17-45(49)51(37-13-5-3-6-14-37,38-15-7-4-8-16-38)46-18-10-12-20-50(46)53/h3-34H,1-2H3. The molecule has 0 spiro atoms. The second-order valence-electron chi connectivity index (χ2n) is 14.7. The molecule has 4 nitrogen and oxygen atoms in total. The third-order valence-corrected chi connectivity index (χ3v) is 13.2. The molecule has 0 bridgehead atoms. The van der Waals surface area contributed by atoms with Gasteiger partial charge in [-0.15, -0.1) is 0 Å². The summed E-state index contributed by atoms with van der Waals surface area (Å²) in [6.45, 7) is 4.22. The number of hydrogen-bond donors (Lipinski definition) is 0. The van der Waals surface area contributed by atoms with Crippen LogP contribution in [0.3, 0.4) is 0 Å². The predicted molar refractivity (Wildman–Crippen MR) is 229 cm³/mol. The highest BCUT2D eigenvalue weighted by atomic mass is 32.2. The highest BCUT2D eigenvalue weighted by molar-refractivity contribution is 7.91. The molecule has 1 aliphatic heterocycles. The molecule has 0 N–H and O–H groups in total. The molecular formula is C51H38N2O2S. The molecule has 0 saturated carbocycles. The van der Waals surface area contributed by atoms with E-state index in [9.17, 15) is 8.42 Å². The van der Waals surface area contributed by atoms with Crippen LogP contribution in [0.15, 0.2) is 204 Å². The van der Waals surface area contributed by atoms with Crippen LogP contribution in [0.25, 0.3) is 27.5 Å². The summed E-state index contributed by atoms with van der Waals surface area (Å²) in [4.78, 5) is 2.76. The fraction of sp³-hybridized carbons (Fsp3) is 0.0588. The maximum Gasteiger partial charge on any atom is 0.206 e. The minimum absolute atomic E-state index is 0.248. The number of sulfone groups is 1. The number of anilines is 3. The summed E-state index contributed by atoms with van der Waals surface area (Å²) in [5.74, 6) is 0. The fourth-order valence-electron chi connectivity index (χ4n) is 8.90. The van der Waals surface area contributed by atoms with Crippen LogP contribution in [-0.4, -0.2) is 13.0 Å². The molecule has 10 rings (SSSR count). The number of aryl methyl sites for hydroxylation is 2. The summed E-state index contributed by atoms with van der Waals surface area (Å²) < 4.78 is 30.6. The van der Waals surface area contributed by atoms with Crippen molar-refractivity contribution in [1.29, 1.82) is 0 Å². The Labute approximate surface area is 327 Å². The van der Waals surface area contributed by atoms with Crippen LogP contribution >= 0.6 is 0 Å². The first kappa shape index (κ1) is 33.8. The van der Waals surface area contributed by atoms with Gasteiger partial charge in [0.2, 0.25) is 9.84 Å². The summed E-state index contributed by atoms with van der Waals surface area (Å²) >= 11 is 0. The van der Waals surface area contributed by atoms with Gasteiger partial charge in [0.15, 0.2) is 0 Å². The molecule has 1 aromatic heterocycles. The molecule has 0 unspecified atom stereocenters. The summed E-state index contributed by atoms with van der Waals surface area (Å²) in [7, 11) is -3.81. The van der Waals surface area contributed by atoms with Crippen molar-refractivity contribution in [3.8, 4) is 5.69 Å². The van der Waals surface area contributed by atoms with Gasteiger partial charge in [-0.1, -0.05) is 120 Å². The summed E-state index contributed by atoms with van der Waals surface area (Å²) in [6.07, 6.45) is 0. The first-order valence-electron chi connectivity index (χ1n) is 18.9. The van der Waals surface area contributed by atoms with Crippen molar-refractivity contribution in [1.82, 2.24) is 4.57 Å². The lowest BCUT2D eigenvalue weighted by atomic mass is 9.62. The monoisotopic (exact) mass is 742 g/mol. The van der Waals surface area contributed by atoms with E-state index in [1.54, 1.807) is 24.3 Å². The molecule has 0 aliphatic carbocycles. The minimum atomic E-state index is -3.81. The molecule has 8 aromatic carbocycles. The van der Waals surface area contributed by atoms with Crippen LogP contribution in [0.5, 0.6) is 0 Å². The zero-order valence-corrected chi connectivity index (χ0v) is 31.9. The van der Waals surface area contributed by atoms with E-state index in [1.807, 2.05) is 24.3 Å². The number of hydrogen-bond acceptors (Lipinski definition) is 3. The second kappa shape index (κ2) is 13.0. The Morgan fingerprint density at radius 2 is 0.839 bits per heavy atom. The van der Waals surface area contributed by atoms with E-state index >= 15 is 0 Å². The molecule has 0 amide bonds. The van der Waals surface area contributed by atoms with E-state index in [1.165, 1.54) is 33.0 Å². The number of aromatic nitrogens is 1. The first-order valence-corrected chi connectivity index (χ1v) is 20.4. The number of fused-ring (bicyclic) bond motifs is 5. The SMILES string of the molecule is Cc1ccc2c(c1)c1cc(C)ccc1n2-c1ccc(S(=O)(=O)c2ccc(N3c4ccccc4C(c4ccccc4)(c4ccccc4)c4ccccc43)cc2)cc1. The number of rotatable bonds is 6. The van der Waals surface area contributed by atoms with Gasteiger partial charge in [-0.25, -0.2) is 8.42 Å². The Kier molecular flexibility index (Phi) is 7.84. The second-order valence-corrected chi connectivity index (χ2v) is 16.7. The van der Waals surface area contributed by atoms with Crippen LogP contribution < -0.4 is 4.90 Å². The first-order chi connectivity index (χ1) is 27.4. The summed E-state index contributed by atoms with van der Waals surface area (Å²) in [5, 5.41) is 2.37. The van der Waals surface area contributed by atoms with Crippen LogP contribution in [0.1, 0.15) is 33.4 Å². The van der Waals surface area contributed by atoms with E-state index in [0.717, 1.165) is 44.9 Å². The van der Waals surface area contributed by atoms with Crippen molar-refractivity contribution in [2.75, 3.05) is 4.90 Å². The summed E-state index contributed by atoms with van der Waals surface area (Å²) in [5.41, 5.74) is 12.6. The van der Waals surface area contributed by atoms with Crippen molar-refractivity contribution in [3.05, 3.63) is 228 Å². The van der Waals surface area contributed by atoms with Crippen molar-refractivity contribution in [2.45, 2.75) is 29.1 Å². The molecule has 0 fully saturated rings. The van der Waals surface area contributed by atoms with Crippen LogP contribution in [0.4, 0.5) is 17.1 Å². The Morgan fingerprint density at radius 1 is 0.429 bits per heavy atom. The molecule has 5 heteroatoms. The zero-order chi connectivity index (χ0) is 38.0. The van der Waals surface area contributed by atoms with Crippen LogP contribution in [0, 0.1) is 13.8 Å². The van der Waals surface area contributed by atoms with E-state index in [0.29, 0.717) is 0 Å². The highest BCUT2D eigenvalue weighted by Crippen LogP contribution is 2.57. The Morgan fingerprint density at radius 3 is 1.30 bits per heavy atom. The smallest absolute Gasteiger partial charge is 0.206 e. The maximum atomic E-state index is 14.2. The molecule has 9 aromatic rings. The van der Waals surface area contributed by atoms with Crippen molar-refractivity contribution >= 4 is 48.7 Å². The fourth-order valence-corrected chi connectivity index (χ4v) is 10.2. The molecular weight excluding hydrogens is 705 g/mol. The lowest BCUT2D eigenvalue weighted by Gasteiger charge is -2.46. The van der Waals surface area contributed by atoms with Crippen molar-refractivity contribution < 1.29 is 8.42 Å². The quantitative estimate of drug-likeness (QED) is 0.170. The van der Waals surface area contributed by atoms with Gasteiger partial charge in [0, 0.05) is 22.1 Å². The Balaban J connectivity index is 1.05. The summed E-state index contributed by atoms with van der Waals surface area (Å²) in [6, 6.07) is 66.1. The van der Waals surface area contributed by atoms with Gasteiger partial charge in [-0.2, -0.15) is 0 Å². The maximum absolute atomic E-state index is 14.2. The molecule has 0 saturated heterocycles. The largest absolute Gasteiger partial charge is 0.310 e. The molecule has 0 atom stereocenters. The van der Waals surface area contributed by atoms with Gasteiger partial charge in [0.1, 0.15) is 0 Å². The molecule has 270 valence electrons. The predicted octanol–water partition coefficient (Wildman–Crippen LogP) is 12.4. The number of para-hydroxylation sites is 2. The van der Waals surface area contributed by atoms with Gasteiger partial charge in [-0.3, -0.25) is 0 Å². The highest BCUT2D eigenvalue weighted by Gasteiger charge is 2.46. The average Bonchev–Trinajstić information content (AvgIpc) is 3.56. The van der Waals surface area contributed by atoms with Gasteiger partial charge in [0.05, 0.1) is 37.6 Å². The lowest BCUT2D eigenvalue weighted by Crippen LogP contribution is -2.37. The van der Waals surface area contributed by atoms with Crippen molar-refractivity contribution in [2.24, 2.45) is 0 Å².